The Bertz CT molecular complexity index is 1240. The van der Waals surface area contributed by atoms with Gasteiger partial charge in [-0.1, -0.05) is 48.1 Å². The molecule has 0 spiro atoms. The SMILES string of the molecule is C=c1[nH]n(-c2nn[nH]n2)c(=O)c1=Cc1cccc(Cc2ccc(F)cc2)c1. The predicted octanol–water partition coefficient (Wildman–Crippen LogP) is 0.648. The summed E-state index contributed by atoms with van der Waals surface area (Å²) in [6.45, 7) is 3.88. The van der Waals surface area contributed by atoms with Gasteiger partial charge in [-0.3, -0.25) is 9.89 Å². The number of nitrogens with one attached hydrogen (secondary N) is 2. The van der Waals surface area contributed by atoms with Crippen LogP contribution in [0.5, 0.6) is 0 Å². The van der Waals surface area contributed by atoms with Gasteiger partial charge in [0.25, 0.3) is 11.5 Å². The number of benzene rings is 2. The molecule has 0 radical (unpaired) electrons. The van der Waals surface area contributed by atoms with E-state index in [0.717, 1.165) is 16.7 Å². The fourth-order valence-electron chi connectivity index (χ4n) is 2.83. The van der Waals surface area contributed by atoms with Crippen LogP contribution in [0.4, 0.5) is 4.39 Å². The molecule has 0 amide bonds. The summed E-state index contributed by atoms with van der Waals surface area (Å²) in [6, 6.07) is 14.2. The molecule has 0 bridgehead atoms. The zero-order chi connectivity index (χ0) is 18.8. The first-order valence-electron chi connectivity index (χ1n) is 8.19. The largest absolute Gasteiger partial charge is 0.291 e. The lowest BCUT2D eigenvalue weighted by Crippen LogP contribution is -2.34. The first kappa shape index (κ1) is 16.6. The molecule has 0 aliphatic carbocycles. The van der Waals surface area contributed by atoms with Crippen molar-refractivity contribution in [3.8, 4) is 5.95 Å². The number of halogens is 1. The Morgan fingerprint density at radius 3 is 2.70 bits per heavy atom. The van der Waals surface area contributed by atoms with Gasteiger partial charge in [0.15, 0.2) is 0 Å². The maximum absolute atomic E-state index is 13.1. The topological polar surface area (TPSA) is 92.2 Å². The lowest BCUT2D eigenvalue weighted by Gasteiger charge is -2.03. The standard InChI is InChI=1S/C19H15FN6O/c1-12-17(18(27)26(23-12)19-21-24-25-22-19)11-15-4-2-3-14(10-15)9-13-5-7-16(20)8-6-13/h2-8,10-11,23H,1,9H2,(H,21,22,24,25). The minimum atomic E-state index is -0.315. The zero-order valence-electron chi connectivity index (χ0n) is 14.2. The predicted molar refractivity (Wildman–Crippen MR) is 98.1 cm³/mol. The average molecular weight is 362 g/mol. The second-order valence-electron chi connectivity index (χ2n) is 6.05. The second-order valence-corrected chi connectivity index (χ2v) is 6.05. The molecule has 2 aromatic heterocycles. The molecule has 0 atom stereocenters. The van der Waals surface area contributed by atoms with Crippen molar-refractivity contribution in [3.05, 3.63) is 92.0 Å². The van der Waals surface area contributed by atoms with Crippen LogP contribution < -0.4 is 16.1 Å². The highest BCUT2D eigenvalue weighted by Crippen LogP contribution is 2.12. The summed E-state index contributed by atoms with van der Waals surface area (Å²) in [5, 5.41) is 17.0. The number of hydrogen-bond acceptors (Lipinski definition) is 4. The van der Waals surface area contributed by atoms with E-state index >= 15 is 0 Å². The lowest BCUT2D eigenvalue weighted by molar-refractivity contribution is 0.627. The first-order valence-corrected chi connectivity index (χ1v) is 8.19. The van der Waals surface area contributed by atoms with E-state index in [-0.39, 0.29) is 17.3 Å². The van der Waals surface area contributed by atoms with E-state index in [1.807, 2.05) is 24.3 Å². The van der Waals surface area contributed by atoms with Crippen LogP contribution in [0.1, 0.15) is 16.7 Å². The van der Waals surface area contributed by atoms with Crippen LogP contribution in [0.2, 0.25) is 0 Å². The van der Waals surface area contributed by atoms with Gasteiger partial charge in [-0.05, 0) is 46.5 Å². The van der Waals surface area contributed by atoms with Crippen LogP contribution >= 0.6 is 0 Å². The highest BCUT2D eigenvalue weighted by molar-refractivity contribution is 5.51. The number of rotatable bonds is 4. The van der Waals surface area contributed by atoms with Crippen LogP contribution in [0.25, 0.3) is 18.6 Å². The molecule has 7 nitrogen and oxygen atoms in total. The highest BCUT2D eigenvalue weighted by atomic mass is 19.1. The van der Waals surface area contributed by atoms with Gasteiger partial charge >= 0.3 is 0 Å². The van der Waals surface area contributed by atoms with Crippen molar-refractivity contribution in [2.24, 2.45) is 0 Å². The molecule has 0 aliphatic heterocycles. The Morgan fingerprint density at radius 2 is 1.96 bits per heavy atom. The zero-order valence-corrected chi connectivity index (χ0v) is 14.2. The minimum Gasteiger partial charge on any atom is -0.288 e. The van der Waals surface area contributed by atoms with E-state index < -0.39 is 0 Å². The Kier molecular flexibility index (Phi) is 4.21. The number of aromatic amines is 2. The molecule has 4 aromatic rings. The van der Waals surface area contributed by atoms with Crippen molar-refractivity contribution >= 4 is 12.7 Å². The van der Waals surface area contributed by atoms with Gasteiger partial charge in [-0.15, -0.1) is 5.10 Å². The van der Waals surface area contributed by atoms with E-state index in [0.29, 0.717) is 17.0 Å². The molecule has 2 aromatic carbocycles. The van der Waals surface area contributed by atoms with E-state index in [4.69, 9.17) is 0 Å². The van der Waals surface area contributed by atoms with Gasteiger partial charge in [-0.25, -0.2) is 4.39 Å². The van der Waals surface area contributed by atoms with Gasteiger partial charge in [0.05, 0.1) is 10.6 Å². The molecule has 2 N–H and O–H groups in total. The smallest absolute Gasteiger partial charge is 0.288 e. The van der Waals surface area contributed by atoms with E-state index in [2.05, 4.69) is 32.3 Å². The number of tetrazole rings is 1. The number of H-pyrrole nitrogens is 2. The molecular weight excluding hydrogens is 347 g/mol. The highest BCUT2D eigenvalue weighted by Gasteiger charge is 2.08. The molecule has 27 heavy (non-hydrogen) atoms. The molecule has 0 aliphatic rings. The summed E-state index contributed by atoms with van der Waals surface area (Å²) in [6.07, 6.45) is 2.42. The molecular formula is C19H15FN6O. The summed E-state index contributed by atoms with van der Waals surface area (Å²) < 4.78 is 14.2. The van der Waals surface area contributed by atoms with E-state index in [1.54, 1.807) is 18.2 Å². The third-order valence-electron chi connectivity index (χ3n) is 4.12. The number of aromatic nitrogens is 6. The third kappa shape index (κ3) is 3.45. The average Bonchev–Trinajstić information content (AvgIpc) is 3.28. The number of nitrogens with zero attached hydrogens (tertiary/aromatic N) is 4. The summed E-state index contributed by atoms with van der Waals surface area (Å²) >= 11 is 0. The van der Waals surface area contributed by atoms with Crippen molar-refractivity contribution in [3.63, 3.8) is 0 Å². The summed E-state index contributed by atoms with van der Waals surface area (Å²) in [4.78, 5) is 12.6. The Labute approximate surface area is 152 Å². The third-order valence-corrected chi connectivity index (χ3v) is 4.12. The molecule has 134 valence electrons. The van der Waals surface area contributed by atoms with Gasteiger partial charge in [0.2, 0.25) is 0 Å². The minimum absolute atomic E-state index is 0.120. The molecule has 2 heterocycles. The van der Waals surface area contributed by atoms with Crippen LogP contribution in [-0.4, -0.2) is 30.4 Å². The van der Waals surface area contributed by atoms with Gasteiger partial charge < -0.3 is 0 Å². The monoisotopic (exact) mass is 362 g/mol. The molecule has 8 heteroatoms. The quantitative estimate of drug-likeness (QED) is 0.558. The van der Waals surface area contributed by atoms with Crippen LogP contribution in [0, 0.1) is 5.82 Å². The summed E-state index contributed by atoms with van der Waals surface area (Å²) in [7, 11) is 0. The maximum atomic E-state index is 13.1. The number of hydrogen-bond donors (Lipinski definition) is 2. The Hall–Kier alpha value is -3.81. The van der Waals surface area contributed by atoms with Crippen molar-refractivity contribution in [1.29, 1.82) is 0 Å². The first-order chi connectivity index (χ1) is 13.1. The molecule has 0 unspecified atom stereocenters. The molecule has 0 saturated carbocycles. The van der Waals surface area contributed by atoms with Crippen molar-refractivity contribution in [1.82, 2.24) is 30.4 Å². The van der Waals surface area contributed by atoms with E-state index in [9.17, 15) is 9.18 Å². The van der Waals surface area contributed by atoms with E-state index in [1.165, 1.54) is 16.8 Å². The molecule has 0 saturated heterocycles. The van der Waals surface area contributed by atoms with Crippen LogP contribution in [-0.2, 0) is 6.42 Å². The Morgan fingerprint density at radius 1 is 1.15 bits per heavy atom. The van der Waals surface area contributed by atoms with Crippen molar-refractivity contribution < 1.29 is 4.39 Å². The maximum Gasteiger partial charge on any atom is 0.291 e. The van der Waals surface area contributed by atoms with Crippen molar-refractivity contribution in [2.75, 3.05) is 0 Å². The fourth-order valence-corrected chi connectivity index (χ4v) is 2.83. The summed E-state index contributed by atoms with van der Waals surface area (Å²) in [5.74, 6) is -0.135. The van der Waals surface area contributed by atoms with Gasteiger partial charge in [0.1, 0.15) is 5.82 Å². The Balaban J connectivity index is 1.70. The molecule has 0 fully saturated rings. The van der Waals surface area contributed by atoms with Crippen LogP contribution in [0.3, 0.4) is 0 Å². The fraction of sp³-hybridized carbons (Fsp3) is 0.0526. The molecule has 4 rings (SSSR count). The van der Waals surface area contributed by atoms with Crippen molar-refractivity contribution in [2.45, 2.75) is 6.42 Å². The van der Waals surface area contributed by atoms with Gasteiger partial charge in [0, 0.05) is 0 Å². The second kappa shape index (κ2) is 6.83. The summed E-state index contributed by atoms with van der Waals surface area (Å²) in [5.41, 5.74) is 2.60. The lowest BCUT2D eigenvalue weighted by atomic mass is 10.0. The normalized spacial score (nSPS) is 11.8. The van der Waals surface area contributed by atoms with Gasteiger partial charge in [-0.2, -0.15) is 9.90 Å². The van der Waals surface area contributed by atoms with Crippen LogP contribution in [0.15, 0.2) is 53.3 Å².